The van der Waals surface area contributed by atoms with Gasteiger partial charge in [0.2, 0.25) is 5.90 Å². The predicted octanol–water partition coefficient (Wildman–Crippen LogP) is 2.91. The quantitative estimate of drug-likeness (QED) is 0.645. The highest BCUT2D eigenvalue weighted by Crippen LogP contribution is 2.21. The van der Waals surface area contributed by atoms with Gasteiger partial charge in [-0.2, -0.15) is 5.26 Å². The van der Waals surface area contributed by atoms with Gasteiger partial charge >= 0.3 is 5.97 Å². The van der Waals surface area contributed by atoms with Crippen LogP contribution in [-0.4, -0.2) is 19.0 Å². The van der Waals surface area contributed by atoms with Crippen LogP contribution in [0, 0.1) is 11.3 Å². The van der Waals surface area contributed by atoms with Gasteiger partial charge in [0, 0.05) is 5.56 Å². The van der Waals surface area contributed by atoms with Crippen molar-refractivity contribution >= 4 is 17.9 Å². The van der Waals surface area contributed by atoms with Gasteiger partial charge in [-0.05, 0) is 48.0 Å². The van der Waals surface area contributed by atoms with E-state index in [1.807, 2.05) is 0 Å². The van der Waals surface area contributed by atoms with Crippen LogP contribution in [0.2, 0.25) is 0 Å². The number of hydrogen-bond acceptors (Lipinski definition) is 5. The number of carbonyl (C=O) groups excluding carboxylic acids is 1. The summed E-state index contributed by atoms with van der Waals surface area (Å²) in [4.78, 5) is 16.2. The number of esters is 1. The van der Waals surface area contributed by atoms with Crippen molar-refractivity contribution in [3.8, 4) is 11.8 Å². The minimum absolute atomic E-state index is 0.200. The number of benzene rings is 2. The molecule has 0 saturated carbocycles. The number of carbonyl (C=O) groups is 1. The van der Waals surface area contributed by atoms with E-state index in [9.17, 15) is 4.79 Å². The molecule has 1 aliphatic rings. The molecule has 5 nitrogen and oxygen atoms in total. The van der Waals surface area contributed by atoms with Crippen LogP contribution >= 0.6 is 0 Å². The fraction of sp³-hybridized carbons (Fsp3) is 0.0556. The molecular weight excluding hydrogens is 292 g/mol. The highest BCUT2D eigenvalue weighted by molar-refractivity contribution is 6.12. The van der Waals surface area contributed by atoms with Gasteiger partial charge in [-0.15, -0.1) is 0 Å². The molecule has 0 radical (unpaired) electrons. The Kier molecular flexibility index (Phi) is 3.89. The highest BCUT2D eigenvalue weighted by atomic mass is 16.6. The first-order valence-electron chi connectivity index (χ1n) is 6.87. The van der Waals surface area contributed by atoms with E-state index in [-0.39, 0.29) is 11.6 Å². The first-order valence-corrected chi connectivity index (χ1v) is 6.87. The van der Waals surface area contributed by atoms with Crippen LogP contribution in [0.25, 0.3) is 6.08 Å². The Morgan fingerprint density at radius 2 is 2.00 bits per heavy atom. The van der Waals surface area contributed by atoms with E-state index < -0.39 is 5.97 Å². The topological polar surface area (TPSA) is 71.7 Å². The maximum atomic E-state index is 11.9. The van der Waals surface area contributed by atoms with Crippen molar-refractivity contribution in [1.29, 1.82) is 5.26 Å². The summed E-state index contributed by atoms with van der Waals surface area (Å²) < 4.78 is 10.3. The standard InChI is InChI=1S/C18H12N2O3/c1-22-15-7-5-14(6-8-15)17-20-16(18(21)23-17)10-12-3-2-4-13(9-12)11-19/h2-10H,1H3/b16-10+. The molecule has 0 aromatic heterocycles. The second-order valence-electron chi connectivity index (χ2n) is 4.80. The number of ether oxygens (including phenoxy) is 2. The van der Waals surface area contributed by atoms with Crippen LogP contribution in [0.15, 0.2) is 59.2 Å². The van der Waals surface area contributed by atoms with E-state index >= 15 is 0 Å². The van der Waals surface area contributed by atoms with Gasteiger partial charge < -0.3 is 9.47 Å². The number of rotatable bonds is 3. The van der Waals surface area contributed by atoms with Crippen LogP contribution in [0.3, 0.4) is 0 Å². The number of hydrogen-bond donors (Lipinski definition) is 0. The summed E-state index contributed by atoms with van der Waals surface area (Å²) in [5.41, 5.74) is 2.13. The van der Waals surface area contributed by atoms with E-state index in [1.54, 1.807) is 61.7 Å². The molecule has 23 heavy (non-hydrogen) atoms. The maximum absolute atomic E-state index is 11.9. The summed E-state index contributed by atoms with van der Waals surface area (Å²) in [7, 11) is 1.58. The third-order valence-electron chi connectivity index (χ3n) is 3.28. The molecule has 0 saturated heterocycles. The summed E-state index contributed by atoms with van der Waals surface area (Å²) in [5, 5.41) is 8.91. The largest absolute Gasteiger partial charge is 0.497 e. The molecule has 112 valence electrons. The van der Waals surface area contributed by atoms with Gasteiger partial charge in [0.05, 0.1) is 18.7 Å². The molecule has 0 amide bonds. The molecule has 5 heteroatoms. The summed E-state index contributed by atoms with van der Waals surface area (Å²) in [5.74, 6) is 0.446. The molecular formula is C18H12N2O3. The molecule has 0 bridgehead atoms. The summed E-state index contributed by atoms with van der Waals surface area (Å²) in [6, 6.07) is 16.0. The lowest BCUT2D eigenvalue weighted by molar-refractivity contribution is -0.129. The zero-order chi connectivity index (χ0) is 16.2. The Balaban J connectivity index is 1.91. The van der Waals surface area contributed by atoms with Gasteiger partial charge in [-0.3, -0.25) is 0 Å². The molecule has 1 aliphatic heterocycles. The average molecular weight is 304 g/mol. The molecule has 0 unspecified atom stereocenters. The molecule has 0 N–H and O–H groups in total. The van der Waals surface area contributed by atoms with Gasteiger partial charge in [0.25, 0.3) is 0 Å². The van der Waals surface area contributed by atoms with Crippen molar-refractivity contribution in [2.45, 2.75) is 0 Å². The number of nitrogens with zero attached hydrogens (tertiary/aromatic N) is 2. The van der Waals surface area contributed by atoms with Crippen molar-refractivity contribution in [3.63, 3.8) is 0 Å². The zero-order valence-corrected chi connectivity index (χ0v) is 12.3. The van der Waals surface area contributed by atoms with Crippen molar-refractivity contribution < 1.29 is 14.3 Å². The minimum Gasteiger partial charge on any atom is -0.497 e. The molecule has 0 fully saturated rings. The number of aliphatic imine (C=N–C) groups is 1. The summed E-state index contributed by atoms with van der Waals surface area (Å²) in [6.07, 6.45) is 1.60. The summed E-state index contributed by atoms with van der Waals surface area (Å²) in [6.45, 7) is 0. The first-order chi connectivity index (χ1) is 11.2. The van der Waals surface area contributed by atoms with Gasteiger partial charge in [-0.25, -0.2) is 9.79 Å². The van der Waals surface area contributed by atoms with Crippen LogP contribution in [0.4, 0.5) is 0 Å². The normalized spacial score (nSPS) is 15.0. The lowest BCUT2D eigenvalue weighted by Crippen LogP contribution is -2.05. The number of methoxy groups -OCH3 is 1. The Morgan fingerprint density at radius 3 is 2.70 bits per heavy atom. The fourth-order valence-corrected chi connectivity index (χ4v) is 2.12. The second kappa shape index (κ2) is 6.16. The van der Waals surface area contributed by atoms with Crippen molar-refractivity contribution in [2.24, 2.45) is 4.99 Å². The first kappa shape index (κ1) is 14.5. The van der Waals surface area contributed by atoms with Crippen LogP contribution in [-0.2, 0) is 9.53 Å². The minimum atomic E-state index is -0.516. The molecule has 0 atom stereocenters. The molecule has 1 heterocycles. The third kappa shape index (κ3) is 3.11. The SMILES string of the molecule is COc1ccc(C2=N/C(=C/c3cccc(C#N)c3)C(=O)O2)cc1. The number of nitriles is 1. The van der Waals surface area contributed by atoms with Crippen molar-refractivity contribution in [3.05, 3.63) is 70.9 Å². The second-order valence-corrected chi connectivity index (χ2v) is 4.80. The lowest BCUT2D eigenvalue weighted by Gasteiger charge is -2.01. The average Bonchev–Trinajstić information content (AvgIpc) is 2.96. The van der Waals surface area contributed by atoms with E-state index in [0.29, 0.717) is 16.9 Å². The van der Waals surface area contributed by atoms with E-state index in [0.717, 1.165) is 5.56 Å². The lowest BCUT2D eigenvalue weighted by atomic mass is 10.1. The Morgan fingerprint density at radius 1 is 1.22 bits per heavy atom. The van der Waals surface area contributed by atoms with Crippen molar-refractivity contribution in [1.82, 2.24) is 0 Å². The van der Waals surface area contributed by atoms with E-state index in [4.69, 9.17) is 14.7 Å². The molecule has 2 aromatic carbocycles. The molecule has 3 rings (SSSR count). The van der Waals surface area contributed by atoms with Crippen molar-refractivity contribution in [2.75, 3.05) is 7.11 Å². The molecule has 0 spiro atoms. The van der Waals surface area contributed by atoms with E-state index in [1.165, 1.54) is 0 Å². The van der Waals surface area contributed by atoms with Crippen LogP contribution < -0.4 is 4.74 Å². The fourth-order valence-electron chi connectivity index (χ4n) is 2.12. The van der Waals surface area contributed by atoms with Crippen LogP contribution in [0.5, 0.6) is 5.75 Å². The summed E-state index contributed by atoms with van der Waals surface area (Å²) >= 11 is 0. The van der Waals surface area contributed by atoms with Crippen LogP contribution in [0.1, 0.15) is 16.7 Å². The molecule has 2 aromatic rings. The maximum Gasteiger partial charge on any atom is 0.363 e. The zero-order valence-electron chi connectivity index (χ0n) is 12.3. The molecule has 0 aliphatic carbocycles. The Labute approximate surface area is 133 Å². The Hall–Kier alpha value is -3.39. The van der Waals surface area contributed by atoms with Gasteiger partial charge in [0.1, 0.15) is 5.75 Å². The Bertz CT molecular complexity index is 859. The third-order valence-corrected chi connectivity index (χ3v) is 3.28. The van der Waals surface area contributed by atoms with Gasteiger partial charge in [-0.1, -0.05) is 12.1 Å². The highest BCUT2D eigenvalue weighted by Gasteiger charge is 2.24. The monoisotopic (exact) mass is 304 g/mol. The smallest absolute Gasteiger partial charge is 0.363 e. The van der Waals surface area contributed by atoms with E-state index in [2.05, 4.69) is 11.1 Å². The van der Waals surface area contributed by atoms with Gasteiger partial charge in [0.15, 0.2) is 5.70 Å². The predicted molar refractivity (Wildman–Crippen MR) is 84.8 cm³/mol. The number of cyclic esters (lactones) is 1.